The Balaban J connectivity index is 1.72. The van der Waals surface area contributed by atoms with Crippen molar-refractivity contribution in [2.75, 3.05) is 4.72 Å². The van der Waals surface area contributed by atoms with Gasteiger partial charge in [0.15, 0.2) is 5.78 Å². The first kappa shape index (κ1) is 20.0. The Bertz CT molecular complexity index is 1120. The number of carbonyl (C=O) groups excluding carboxylic acids is 1. The Kier molecular flexibility index (Phi) is 6.11. The molecule has 0 fully saturated rings. The highest BCUT2D eigenvalue weighted by molar-refractivity contribution is 9.10. The zero-order chi connectivity index (χ0) is 20.1. The number of rotatable bonds is 6. The molecule has 0 heterocycles. The molecule has 1 N–H and O–H groups in total. The van der Waals surface area contributed by atoms with Crippen LogP contribution < -0.4 is 4.72 Å². The van der Waals surface area contributed by atoms with Crippen molar-refractivity contribution in [3.8, 4) is 0 Å². The summed E-state index contributed by atoms with van der Waals surface area (Å²) in [5.74, 6) is -0.163. The lowest BCUT2D eigenvalue weighted by atomic mass is 10.1. The summed E-state index contributed by atoms with van der Waals surface area (Å²) in [6.07, 6.45) is 3.23. The molecule has 4 nitrogen and oxygen atoms in total. The molecule has 3 aromatic rings. The maximum Gasteiger partial charge on any atom is 0.261 e. The lowest BCUT2D eigenvalue weighted by Crippen LogP contribution is -2.13. The molecule has 6 heteroatoms. The zero-order valence-corrected chi connectivity index (χ0v) is 17.5. The Labute approximate surface area is 173 Å². The van der Waals surface area contributed by atoms with Crippen LogP contribution in [0, 0.1) is 6.92 Å². The Morgan fingerprint density at radius 1 is 0.929 bits per heavy atom. The number of ketones is 1. The molecule has 28 heavy (non-hydrogen) atoms. The van der Waals surface area contributed by atoms with Crippen molar-refractivity contribution in [2.24, 2.45) is 0 Å². The largest absolute Gasteiger partial charge is 0.289 e. The second-order valence-electron chi connectivity index (χ2n) is 6.21. The molecule has 0 saturated carbocycles. The van der Waals surface area contributed by atoms with Crippen LogP contribution in [0.1, 0.15) is 21.5 Å². The van der Waals surface area contributed by atoms with E-state index >= 15 is 0 Å². The summed E-state index contributed by atoms with van der Waals surface area (Å²) in [4.78, 5) is 12.5. The predicted octanol–water partition coefficient (Wildman–Crippen LogP) is 5.45. The normalized spacial score (nSPS) is 11.5. The Morgan fingerprint density at radius 2 is 1.57 bits per heavy atom. The van der Waals surface area contributed by atoms with Crippen LogP contribution in [0.15, 0.2) is 88.2 Å². The van der Waals surface area contributed by atoms with Gasteiger partial charge in [-0.05, 0) is 67.1 Å². The van der Waals surface area contributed by atoms with Gasteiger partial charge in [0.05, 0.1) is 4.90 Å². The van der Waals surface area contributed by atoms with Crippen molar-refractivity contribution < 1.29 is 13.2 Å². The summed E-state index contributed by atoms with van der Waals surface area (Å²) in [6, 6.07) is 20.5. The minimum Gasteiger partial charge on any atom is -0.289 e. The second kappa shape index (κ2) is 8.54. The predicted molar refractivity (Wildman–Crippen MR) is 116 cm³/mol. The number of sulfonamides is 1. The van der Waals surface area contributed by atoms with Crippen molar-refractivity contribution in [3.05, 3.63) is 100 Å². The van der Waals surface area contributed by atoms with E-state index < -0.39 is 10.0 Å². The van der Waals surface area contributed by atoms with E-state index in [1.165, 1.54) is 6.08 Å². The first-order chi connectivity index (χ1) is 13.3. The molecule has 0 aliphatic heterocycles. The number of halogens is 1. The fourth-order valence-corrected chi connectivity index (χ4v) is 3.98. The highest BCUT2D eigenvalue weighted by Crippen LogP contribution is 2.19. The summed E-state index contributed by atoms with van der Waals surface area (Å²) in [5.41, 5.74) is 2.75. The van der Waals surface area contributed by atoms with Crippen LogP contribution in [0.25, 0.3) is 6.08 Å². The van der Waals surface area contributed by atoms with E-state index in [0.717, 1.165) is 15.6 Å². The summed E-state index contributed by atoms with van der Waals surface area (Å²) in [5, 5.41) is 0. The minimum absolute atomic E-state index is 0.163. The van der Waals surface area contributed by atoms with Gasteiger partial charge >= 0.3 is 0 Å². The van der Waals surface area contributed by atoms with Crippen LogP contribution in [-0.2, 0) is 10.0 Å². The number of hydrogen-bond donors (Lipinski definition) is 1. The number of carbonyl (C=O) groups is 1. The molecule has 0 saturated heterocycles. The average Bonchev–Trinajstić information content (AvgIpc) is 2.68. The van der Waals surface area contributed by atoms with Gasteiger partial charge in [-0.2, -0.15) is 0 Å². The second-order valence-corrected chi connectivity index (χ2v) is 8.75. The summed E-state index contributed by atoms with van der Waals surface area (Å²) in [7, 11) is -3.67. The average molecular weight is 456 g/mol. The van der Waals surface area contributed by atoms with Crippen LogP contribution in [0.3, 0.4) is 0 Å². The van der Waals surface area contributed by atoms with Crippen molar-refractivity contribution in [1.82, 2.24) is 0 Å². The standard InChI is InChI=1S/C22H18BrNO3S/c1-16-6-13-20(14-7-16)28(26,27)24-19-11-8-18(9-12-19)22(25)15-10-17-4-2-3-5-21(17)23/h2-15,24H,1H3/b15-10+. The quantitative estimate of drug-likeness (QED) is 0.396. The third-order valence-electron chi connectivity index (χ3n) is 4.07. The molecule has 3 rings (SSSR count). The molecule has 142 valence electrons. The lowest BCUT2D eigenvalue weighted by molar-refractivity contribution is 0.104. The van der Waals surface area contributed by atoms with Gasteiger partial charge < -0.3 is 0 Å². The monoisotopic (exact) mass is 455 g/mol. The van der Waals surface area contributed by atoms with Crippen LogP contribution in [0.5, 0.6) is 0 Å². The smallest absolute Gasteiger partial charge is 0.261 e. The third kappa shape index (κ3) is 4.97. The van der Waals surface area contributed by atoms with E-state index in [4.69, 9.17) is 0 Å². The summed E-state index contributed by atoms with van der Waals surface area (Å²) >= 11 is 3.44. The Morgan fingerprint density at radius 3 is 2.21 bits per heavy atom. The van der Waals surface area contributed by atoms with E-state index in [1.54, 1.807) is 54.6 Å². The number of nitrogens with one attached hydrogen (secondary N) is 1. The van der Waals surface area contributed by atoms with E-state index in [9.17, 15) is 13.2 Å². The van der Waals surface area contributed by atoms with Gasteiger partial charge in [0.25, 0.3) is 10.0 Å². The molecule has 3 aromatic carbocycles. The van der Waals surface area contributed by atoms with E-state index in [1.807, 2.05) is 31.2 Å². The summed E-state index contributed by atoms with van der Waals surface area (Å²) in [6.45, 7) is 1.89. The molecule has 0 aromatic heterocycles. The van der Waals surface area contributed by atoms with E-state index in [2.05, 4.69) is 20.7 Å². The van der Waals surface area contributed by atoms with Crippen LogP contribution >= 0.6 is 15.9 Å². The van der Waals surface area contributed by atoms with Gasteiger partial charge in [0.1, 0.15) is 0 Å². The molecule has 0 radical (unpaired) electrons. The van der Waals surface area contributed by atoms with Gasteiger partial charge in [-0.15, -0.1) is 0 Å². The van der Waals surface area contributed by atoms with Gasteiger partial charge in [-0.1, -0.05) is 51.8 Å². The van der Waals surface area contributed by atoms with Crippen LogP contribution in [0.2, 0.25) is 0 Å². The van der Waals surface area contributed by atoms with Crippen molar-refractivity contribution in [3.63, 3.8) is 0 Å². The van der Waals surface area contributed by atoms with E-state index in [0.29, 0.717) is 11.3 Å². The zero-order valence-electron chi connectivity index (χ0n) is 15.1. The number of anilines is 1. The first-order valence-electron chi connectivity index (χ1n) is 8.52. The molecule has 0 bridgehead atoms. The third-order valence-corrected chi connectivity index (χ3v) is 6.19. The molecule has 0 amide bonds. The molecule has 0 aliphatic carbocycles. The fraction of sp³-hybridized carbons (Fsp3) is 0.0455. The van der Waals surface area contributed by atoms with E-state index in [-0.39, 0.29) is 10.7 Å². The first-order valence-corrected chi connectivity index (χ1v) is 10.8. The topological polar surface area (TPSA) is 63.2 Å². The van der Waals surface area contributed by atoms with Gasteiger partial charge in [-0.3, -0.25) is 9.52 Å². The molecular weight excluding hydrogens is 438 g/mol. The van der Waals surface area contributed by atoms with Crippen LogP contribution in [0.4, 0.5) is 5.69 Å². The highest BCUT2D eigenvalue weighted by atomic mass is 79.9. The SMILES string of the molecule is Cc1ccc(S(=O)(=O)Nc2ccc(C(=O)/C=C/c3ccccc3Br)cc2)cc1. The number of benzene rings is 3. The molecule has 0 spiro atoms. The van der Waals surface area contributed by atoms with Crippen molar-refractivity contribution >= 4 is 43.5 Å². The molecular formula is C22H18BrNO3S. The number of hydrogen-bond acceptors (Lipinski definition) is 3. The lowest BCUT2D eigenvalue weighted by Gasteiger charge is -2.08. The fourth-order valence-electron chi connectivity index (χ4n) is 2.51. The molecule has 0 atom stereocenters. The minimum atomic E-state index is -3.67. The van der Waals surface area contributed by atoms with Gasteiger partial charge in [0, 0.05) is 15.7 Å². The summed E-state index contributed by atoms with van der Waals surface area (Å²) < 4.78 is 28.3. The maximum atomic E-state index is 12.4. The van der Waals surface area contributed by atoms with Crippen molar-refractivity contribution in [2.45, 2.75) is 11.8 Å². The highest BCUT2D eigenvalue weighted by Gasteiger charge is 2.14. The van der Waals surface area contributed by atoms with Crippen molar-refractivity contribution in [1.29, 1.82) is 0 Å². The van der Waals surface area contributed by atoms with Gasteiger partial charge in [-0.25, -0.2) is 8.42 Å². The molecule has 0 unspecified atom stereocenters. The molecule has 0 aliphatic rings. The maximum absolute atomic E-state index is 12.4. The van der Waals surface area contributed by atoms with Crippen LogP contribution in [-0.4, -0.2) is 14.2 Å². The Hall–Kier alpha value is -2.70. The number of aryl methyl sites for hydroxylation is 1. The van der Waals surface area contributed by atoms with Gasteiger partial charge in [0.2, 0.25) is 0 Å². The number of allylic oxidation sites excluding steroid dienone is 1.